The Bertz CT molecular complexity index is 328. The molecule has 2 aliphatic rings. The van der Waals surface area contributed by atoms with Crippen molar-refractivity contribution in [2.75, 3.05) is 6.54 Å². The SMILES string of the molecule is CC(C)(C)OC(=O)N1CCC2(CC2)C[C@H]1C=O. The lowest BCUT2D eigenvalue weighted by molar-refractivity contribution is -0.114. The summed E-state index contributed by atoms with van der Waals surface area (Å²) in [6.45, 7) is 6.17. The van der Waals surface area contributed by atoms with Crippen LogP contribution in [-0.2, 0) is 9.53 Å². The summed E-state index contributed by atoms with van der Waals surface area (Å²) < 4.78 is 5.33. The maximum Gasteiger partial charge on any atom is 0.410 e. The molecule has 1 aliphatic carbocycles. The van der Waals surface area contributed by atoms with E-state index in [1.165, 1.54) is 12.8 Å². The molecule has 1 atom stereocenters. The summed E-state index contributed by atoms with van der Waals surface area (Å²) in [4.78, 5) is 24.7. The Morgan fingerprint density at radius 2 is 2.00 bits per heavy atom. The Hall–Kier alpha value is -1.06. The predicted molar refractivity (Wildman–Crippen MR) is 63.7 cm³/mol. The van der Waals surface area contributed by atoms with Crippen LogP contribution < -0.4 is 0 Å². The maximum atomic E-state index is 12.0. The van der Waals surface area contributed by atoms with Crippen LogP contribution >= 0.6 is 0 Å². The number of hydrogen-bond acceptors (Lipinski definition) is 3. The van der Waals surface area contributed by atoms with Crippen molar-refractivity contribution in [1.82, 2.24) is 4.90 Å². The summed E-state index contributed by atoms with van der Waals surface area (Å²) >= 11 is 0. The highest BCUT2D eigenvalue weighted by atomic mass is 16.6. The van der Waals surface area contributed by atoms with Crippen molar-refractivity contribution in [3.63, 3.8) is 0 Å². The zero-order valence-corrected chi connectivity index (χ0v) is 10.9. The zero-order chi connectivity index (χ0) is 12.7. The van der Waals surface area contributed by atoms with E-state index in [2.05, 4.69) is 0 Å². The van der Waals surface area contributed by atoms with E-state index in [9.17, 15) is 9.59 Å². The van der Waals surface area contributed by atoms with Crippen molar-refractivity contribution in [2.45, 2.75) is 58.1 Å². The first-order chi connectivity index (χ1) is 7.85. The number of nitrogens with zero attached hydrogens (tertiary/aromatic N) is 1. The van der Waals surface area contributed by atoms with E-state index in [1.807, 2.05) is 20.8 Å². The van der Waals surface area contributed by atoms with Crippen molar-refractivity contribution >= 4 is 12.4 Å². The van der Waals surface area contributed by atoms with Crippen LogP contribution in [0.25, 0.3) is 0 Å². The van der Waals surface area contributed by atoms with Gasteiger partial charge in [0.05, 0.1) is 6.04 Å². The van der Waals surface area contributed by atoms with E-state index < -0.39 is 5.60 Å². The summed E-state index contributed by atoms with van der Waals surface area (Å²) in [5.41, 5.74) is -0.136. The number of ether oxygens (including phenoxy) is 1. The highest BCUT2D eigenvalue weighted by Gasteiger charge is 2.49. The lowest BCUT2D eigenvalue weighted by Crippen LogP contribution is -2.49. The molecule has 0 unspecified atom stereocenters. The monoisotopic (exact) mass is 239 g/mol. The molecular formula is C13H21NO3. The number of hydrogen-bond donors (Lipinski definition) is 0. The second-order valence-electron chi connectivity index (χ2n) is 6.33. The second-order valence-corrected chi connectivity index (χ2v) is 6.33. The van der Waals surface area contributed by atoms with Crippen LogP contribution in [0, 0.1) is 5.41 Å². The average Bonchev–Trinajstić information content (AvgIpc) is 2.95. The molecule has 4 heteroatoms. The van der Waals surface area contributed by atoms with Crippen LogP contribution in [0.1, 0.15) is 46.5 Å². The Labute approximate surface area is 102 Å². The van der Waals surface area contributed by atoms with E-state index in [0.717, 1.165) is 19.1 Å². The smallest absolute Gasteiger partial charge is 0.410 e. The summed E-state index contributed by atoms with van der Waals surface area (Å²) in [7, 11) is 0. The largest absolute Gasteiger partial charge is 0.444 e. The van der Waals surface area contributed by atoms with Gasteiger partial charge < -0.3 is 9.53 Å². The van der Waals surface area contributed by atoms with Crippen molar-refractivity contribution in [3.05, 3.63) is 0 Å². The highest BCUT2D eigenvalue weighted by molar-refractivity contribution is 5.74. The van der Waals surface area contributed by atoms with Crippen LogP contribution in [0.4, 0.5) is 4.79 Å². The molecule has 1 spiro atoms. The molecule has 4 nitrogen and oxygen atoms in total. The fourth-order valence-corrected chi connectivity index (χ4v) is 2.48. The van der Waals surface area contributed by atoms with Gasteiger partial charge in [-0.2, -0.15) is 0 Å². The lowest BCUT2D eigenvalue weighted by atomic mass is 9.89. The Morgan fingerprint density at radius 3 is 2.47 bits per heavy atom. The molecule has 0 aromatic heterocycles. The van der Waals surface area contributed by atoms with Crippen LogP contribution in [0.3, 0.4) is 0 Å². The van der Waals surface area contributed by atoms with Gasteiger partial charge in [-0.25, -0.2) is 4.79 Å². The minimum Gasteiger partial charge on any atom is -0.444 e. The predicted octanol–water partition coefficient (Wildman–Crippen LogP) is 2.37. The average molecular weight is 239 g/mol. The Morgan fingerprint density at radius 1 is 1.35 bits per heavy atom. The first-order valence-electron chi connectivity index (χ1n) is 6.30. The third-order valence-electron chi connectivity index (χ3n) is 3.67. The minimum atomic E-state index is -0.501. The number of likely N-dealkylation sites (tertiary alicyclic amines) is 1. The molecule has 1 saturated heterocycles. The van der Waals surface area contributed by atoms with E-state index in [0.29, 0.717) is 12.0 Å². The molecule has 1 saturated carbocycles. The van der Waals surface area contributed by atoms with Gasteiger partial charge in [0.25, 0.3) is 0 Å². The number of carbonyl (C=O) groups is 2. The third-order valence-corrected chi connectivity index (χ3v) is 3.67. The van der Waals surface area contributed by atoms with Crippen molar-refractivity contribution in [3.8, 4) is 0 Å². The Kier molecular flexibility index (Phi) is 2.92. The number of piperidine rings is 1. The first kappa shape index (κ1) is 12.4. The molecule has 0 aromatic carbocycles. The quantitative estimate of drug-likeness (QED) is 0.660. The lowest BCUT2D eigenvalue weighted by Gasteiger charge is -2.37. The molecule has 0 N–H and O–H groups in total. The van der Waals surface area contributed by atoms with E-state index in [1.54, 1.807) is 4.90 Å². The second kappa shape index (κ2) is 4.00. The molecule has 2 fully saturated rings. The standard InChI is InChI=1S/C13H21NO3/c1-12(2,3)17-11(16)14-7-6-13(4-5-13)8-10(14)9-15/h9-10H,4-8H2,1-3H3/t10-/m0/s1. The summed E-state index contributed by atoms with van der Waals surface area (Å²) in [5, 5.41) is 0. The molecule has 0 aromatic rings. The first-order valence-corrected chi connectivity index (χ1v) is 6.30. The van der Waals surface area contributed by atoms with Gasteiger partial charge in [-0.05, 0) is 51.9 Å². The topological polar surface area (TPSA) is 46.6 Å². The summed E-state index contributed by atoms with van der Waals surface area (Å²) in [6.07, 6.45) is 4.78. The zero-order valence-electron chi connectivity index (χ0n) is 10.9. The summed E-state index contributed by atoms with van der Waals surface area (Å²) in [6, 6.07) is -0.291. The van der Waals surface area contributed by atoms with Crippen LogP contribution in [0.5, 0.6) is 0 Å². The number of rotatable bonds is 1. The van der Waals surface area contributed by atoms with E-state index in [4.69, 9.17) is 4.74 Å². The molecule has 0 radical (unpaired) electrons. The highest BCUT2D eigenvalue weighted by Crippen LogP contribution is 2.55. The summed E-state index contributed by atoms with van der Waals surface area (Å²) in [5.74, 6) is 0. The molecule has 0 bridgehead atoms. The van der Waals surface area contributed by atoms with Crippen molar-refractivity contribution in [2.24, 2.45) is 5.41 Å². The van der Waals surface area contributed by atoms with Gasteiger partial charge in [0.15, 0.2) is 0 Å². The molecule has 1 heterocycles. The Balaban J connectivity index is 2.00. The van der Waals surface area contributed by atoms with Crippen molar-refractivity contribution in [1.29, 1.82) is 0 Å². The minimum absolute atomic E-state index is 0.291. The number of carbonyl (C=O) groups excluding carboxylic acids is 2. The third kappa shape index (κ3) is 2.79. The van der Waals surface area contributed by atoms with Crippen molar-refractivity contribution < 1.29 is 14.3 Å². The molecular weight excluding hydrogens is 218 g/mol. The van der Waals surface area contributed by atoms with Gasteiger partial charge in [0, 0.05) is 6.54 Å². The van der Waals surface area contributed by atoms with Crippen LogP contribution in [-0.4, -0.2) is 35.5 Å². The van der Waals surface area contributed by atoms with Gasteiger partial charge in [0.1, 0.15) is 11.9 Å². The van der Waals surface area contributed by atoms with E-state index in [-0.39, 0.29) is 12.1 Å². The fourth-order valence-electron chi connectivity index (χ4n) is 2.48. The molecule has 96 valence electrons. The molecule has 1 amide bonds. The van der Waals surface area contributed by atoms with Gasteiger partial charge in [0.2, 0.25) is 0 Å². The fraction of sp³-hybridized carbons (Fsp3) is 0.846. The van der Waals surface area contributed by atoms with Crippen LogP contribution in [0.2, 0.25) is 0 Å². The number of aldehydes is 1. The van der Waals surface area contributed by atoms with Crippen LogP contribution in [0.15, 0.2) is 0 Å². The van der Waals surface area contributed by atoms with Gasteiger partial charge in [-0.3, -0.25) is 4.90 Å². The van der Waals surface area contributed by atoms with E-state index >= 15 is 0 Å². The van der Waals surface area contributed by atoms with Gasteiger partial charge >= 0.3 is 6.09 Å². The normalized spacial score (nSPS) is 26.8. The maximum absolute atomic E-state index is 12.0. The van der Waals surface area contributed by atoms with Gasteiger partial charge in [-0.1, -0.05) is 0 Å². The van der Waals surface area contributed by atoms with Gasteiger partial charge in [-0.15, -0.1) is 0 Å². The molecule has 2 rings (SSSR count). The molecule has 1 aliphatic heterocycles. The molecule has 17 heavy (non-hydrogen) atoms. The number of amides is 1.